The molecular weight excluding hydrogens is 361 g/mol. The van der Waals surface area contributed by atoms with Gasteiger partial charge >= 0.3 is 0 Å². The van der Waals surface area contributed by atoms with E-state index < -0.39 is 0 Å². The number of pyridine rings is 1. The molecular formula is C18H19Cl2N3O2. The van der Waals surface area contributed by atoms with E-state index in [2.05, 4.69) is 11.9 Å². The Morgan fingerprint density at radius 2 is 2.16 bits per heavy atom. The summed E-state index contributed by atoms with van der Waals surface area (Å²) in [7, 11) is 0. The van der Waals surface area contributed by atoms with Crippen LogP contribution in [0.1, 0.15) is 23.7 Å². The highest BCUT2D eigenvalue weighted by atomic mass is 35.5. The van der Waals surface area contributed by atoms with E-state index in [4.69, 9.17) is 33.7 Å². The van der Waals surface area contributed by atoms with E-state index in [0.717, 1.165) is 6.42 Å². The van der Waals surface area contributed by atoms with Gasteiger partial charge in [0.05, 0.1) is 10.6 Å². The summed E-state index contributed by atoms with van der Waals surface area (Å²) >= 11 is 12.1. The van der Waals surface area contributed by atoms with Crippen LogP contribution in [0.5, 0.6) is 11.6 Å². The molecule has 0 spiro atoms. The molecule has 1 saturated heterocycles. The first-order chi connectivity index (χ1) is 11.9. The van der Waals surface area contributed by atoms with Crippen LogP contribution in [0, 0.1) is 5.41 Å². The maximum Gasteiger partial charge on any atom is 0.255 e. The third kappa shape index (κ3) is 3.89. The molecule has 0 bridgehead atoms. The quantitative estimate of drug-likeness (QED) is 0.871. The van der Waals surface area contributed by atoms with E-state index in [1.165, 1.54) is 6.20 Å². The lowest BCUT2D eigenvalue weighted by Crippen LogP contribution is -2.34. The van der Waals surface area contributed by atoms with Gasteiger partial charge in [-0.2, -0.15) is 0 Å². The van der Waals surface area contributed by atoms with E-state index >= 15 is 0 Å². The van der Waals surface area contributed by atoms with Crippen molar-refractivity contribution >= 4 is 29.1 Å². The number of halogens is 2. The van der Waals surface area contributed by atoms with Crippen molar-refractivity contribution in [3.8, 4) is 11.6 Å². The van der Waals surface area contributed by atoms with Crippen LogP contribution < -0.4 is 10.5 Å². The molecule has 1 aliphatic rings. The number of hydrogen-bond donors (Lipinski definition) is 1. The molecule has 3 rings (SSSR count). The van der Waals surface area contributed by atoms with Gasteiger partial charge in [-0.25, -0.2) is 4.98 Å². The average Bonchev–Trinajstić information content (AvgIpc) is 3.02. The number of hydrogen-bond acceptors (Lipinski definition) is 4. The van der Waals surface area contributed by atoms with Crippen molar-refractivity contribution < 1.29 is 9.53 Å². The standard InChI is InChI=1S/C18H19Cl2N3O2/c1-18(10-21)7-8-23(11-18)17(24)12-5-6-15(22-9-12)25-14-4-2-3-13(19)16(14)20/h2-6,9H,7-8,10-11,21H2,1H3. The van der Waals surface area contributed by atoms with Gasteiger partial charge in [-0.05, 0) is 36.6 Å². The number of ether oxygens (including phenoxy) is 1. The SMILES string of the molecule is CC1(CN)CCN(C(=O)c2ccc(Oc3cccc(Cl)c3Cl)nc2)C1. The molecule has 25 heavy (non-hydrogen) atoms. The van der Waals surface area contributed by atoms with Crippen molar-refractivity contribution in [1.29, 1.82) is 0 Å². The van der Waals surface area contributed by atoms with Crippen LogP contribution in [-0.2, 0) is 0 Å². The fraction of sp³-hybridized carbons (Fsp3) is 0.333. The second-order valence-electron chi connectivity index (χ2n) is 6.53. The maximum atomic E-state index is 12.6. The molecule has 7 heteroatoms. The first-order valence-corrected chi connectivity index (χ1v) is 8.75. The van der Waals surface area contributed by atoms with Gasteiger partial charge in [0, 0.05) is 25.4 Å². The summed E-state index contributed by atoms with van der Waals surface area (Å²) < 4.78 is 5.63. The molecule has 2 heterocycles. The molecule has 132 valence electrons. The van der Waals surface area contributed by atoms with Crippen LogP contribution in [0.2, 0.25) is 10.0 Å². The van der Waals surface area contributed by atoms with Gasteiger partial charge in [0.1, 0.15) is 10.8 Å². The smallest absolute Gasteiger partial charge is 0.255 e. The fourth-order valence-electron chi connectivity index (χ4n) is 2.79. The molecule has 0 aliphatic carbocycles. The van der Waals surface area contributed by atoms with Crippen molar-refractivity contribution in [2.45, 2.75) is 13.3 Å². The Morgan fingerprint density at radius 3 is 2.80 bits per heavy atom. The topological polar surface area (TPSA) is 68.5 Å². The minimum Gasteiger partial charge on any atom is -0.437 e. The van der Waals surface area contributed by atoms with Crippen LogP contribution in [0.15, 0.2) is 36.5 Å². The number of amides is 1. The minimum atomic E-state index is -0.0444. The van der Waals surface area contributed by atoms with Gasteiger partial charge < -0.3 is 15.4 Å². The molecule has 0 saturated carbocycles. The molecule has 1 aromatic carbocycles. The monoisotopic (exact) mass is 379 g/mol. The number of nitrogens with zero attached hydrogens (tertiary/aromatic N) is 2. The van der Waals surface area contributed by atoms with E-state index in [1.807, 2.05) is 4.90 Å². The molecule has 5 nitrogen and oxygen atoms in total. The predicted octanol–water partition coefficient (Wildman–Crippen LogP) is 3.99. The second-order valence-corrected chi connectivity index (χ2v) is 7.32. The summed E-state index contributed by atoms with van der Waals surface area (Å²) in [6.45, 7) is 4.05. The molecule has 1 aliphatic heterocycles. The predicted molar refractivity (Wildman–Crippen MR) is 98.5 cm³/mol. The largest absolute Gasteiger partial charge is 0.437 e. The lowest BCUT2D eigenvalue weighted by molar-refractivity contribution is 0.0776. The summed E-state index contributed by atoms with van der Waals surface area (Å²) in [6.07, 6.45) is 2.42. The first-order valence-electron chi connectivity index (χ1n) is 7.99. The average molecular weight is 380 g/mol. The molecule has 1 atom stereocenters. The Bertz CT molecular complexity index is 782. The Kier molecular flexibility index (Phi) is 5.18. The van der Waals surface area contributed by atoms with Gasteiger partial charge in [0.25, 0.3) is 5.91 Å². The minimum absolute atomic E-state index is 0.00450. The van der Waals surface area contributed by atoms with E-state index in [-0.39, 0.29) is 11.3 Å². The van der Waals surface area contributed by atoms with Crippen molar-refractivity contribution in [2.24, 2.45) is 11.1 Å². The number of nitrogens with two attached hydrogens (primary N) is 1. The highest BCUT2D eigenvalue weighted by molar-refractivity contribution is 6.42. The normalized spacial score (nSPS) is 19.9. The summed E-state index contributed by atoms with van der Waals surface area (Å²) in [5.74, 6) is 0.713. The highest BCUT2D eigenvalue weighted by Gasteiger charge is 2.35. The number of carbonyl (C=O) groups is 1. The first kappa shape index (κ1) is 18.0. The van der Waals surface area contributed by atoms with E-state index in [1.54, 1.807) is 30.3 Å². The lowest BCUT2D eigenvalue weighted by Gasteiger charge is -2.22. The lowest BCUT2D eigenvalue weighted by atomic mass is 9.90. The van der Waals surface area contributed by atoms with Gasteiger partial charge in [-0.3, -0.25) is 4.79 Å². The van der Waals surface area contributed by atoms with E-state index in [0.29, 0.717) is 46.9 Å². The molecule has 1 unspecified atom stereocenters. The van der Waals surface area contributed by atoms with E-state index in [9.17, 15) is 4.79 Å². The molecule has 2 aromatic rings. The van der Waals surface area contributed by atoms with Crippen molar-refractivity contribution in [3.05, 3.63) is 52.1 Å². The molecule has 1 amide bonds. The number of benzene rings is 1. The Hall–Kier alpha value is -1.82. The van der Waals surface area contributed by atoms with Gasteiger partial charge in [-0.15, -0.1) is 0 Å². The number of carbonyl (C=O) groups excluding carboxylic acids is 1. The van der Waals surface area contributed by atoms with Crippen LogP contribution >= 0.6 is 23.2 Å². The Balaban J connectivity index is 1.70. The van der Waals surface area contributed by atoms with Crippen molar-refractivity contribution in [1.82, 2.24) is 9.88 Å². The number of rotatable bonds is 4. The maximum absolute atomic E-state index is 12.6. The third-order valence-corrected chi connectivity index (χ3v) is 5.25. The van der Waals surface area contributed by atoms with Gasteiger partial charge in [0.2, 0.25) is 5.88 Å². The Labute approximate surface area is 156 Å². The Morgan fingerprint density at radius 1 is 1.36 bits per heavy atom. The van der Waals surface area contributed by atoms with Gasteiger partial charge in [-0.1, -0.05) is 36.2 Å². The molecule has 1 aromatic heterocycles. The zero-order valence-electron chi connectivity index (χ0n) is 13.8. The van der Waals surface area contributed by atoms with Crippen LogP contribution in [0.25, 0.3) is 0 Å². The molecule has 2 N–H and O–H groups in total. The van der Waals surface area contributed by atoms with Crippen molar-refractivity contribution in [2.75, 3.05) is 19.6 Å². The summed E-state index contributed by atoms with van der Waals surface area (Å²) in [5.41, 5.74) is 6.31. The van der Waals surface area contributed by atoms with Crippen LogP contribution in [0.3, 0.4) is 0 Å². The summed E-state index contributed by atoms with van der Waals surface area (Å²) in [6, 6.07) is 8.46. The van der Waals surface area contributed by atoms with Gasteiger partial charge in [0.15, 0.2) is 0 Å². The van der Waals surface area contributed by atoms with Crippen LogP contribution in [0.4, 0.5) is 0 Å². The third-order valence-electron chi connectivity index (χ3n) is 4.45. The number of likely N-dealkylation sites (tertiary alicyclic amines) is 1. The zero-order chi connectivity index (χ0) is 18.0. The van der Waals surface area contributed by atoms with Crippen LogP contribution in [-0.4, -0.2) is 35.4 Å². The molecule has 0 radical (unpaired) electrons. The zero-order valence-corrected chi connectivity index (χ0v) is 15.3. The highest BCUT2D eigenvalue weighted by Crippen LogP contribution is 2.34. The summed E-state index contributed by atoms with van der Waals surface area (Å²) in [4.78, 5) is 18.6. The summed E-state index contributed by atoms with van der Waals surface area (Å²) in [5, 5.41) is 0.729. The molecule has 1 fully saturated rings. The number of aromatic nitrogens is 1. The van der Waals surface area contributed by atoms with Crippen molar-refractivity contribution in [3.63, 3.8) is 0 Å². The fourth-order valence-corrected chi connectivity index (χ4v) is 3.12. The second kappa shape index (κ2) is 7.20.